The van der Waals surface area contributed by atoms with Crippen LogP contribution in [0.1, 0.15) is 23.4 Å². The van der Waals surface area contributed by atoms with Crippen molar-refractivity contribution in [1.29, 1.82) is 0 Å². The van der Waals surface area contributed by atoms with Gasteiger partial charge in [0.1, 0.15) is 9.33 Å². The van der Waals surface area contributed by atoms with Crippen molar-refractivity contribution in [3.63, 3.8) is 0 Å². The Hall–Kier alpha value is -2.10. The van der Waals surface area contributed by atoms with Gasteiger partial charge in [0, 0.05) is 13.0 Å². The molecule has 2 aromatic rings. The van der Waals surface area contributed by atoms with Crippen molar-refractivity contribution in [2.24, 2.45) is 0 Å². The van der Waals surface area contributed by atoms with Gasteiger partial charge in [-0.15, -0.1) is 10.2 Å². The molecule has 0 bridgehead atoms. The topological polar surface area (TPSA) is 75.2 Å². The van der Waals surface area contributed by atoms with Gasteiger partial charge in [-0.05, 0) is 25.0 Å². The van der Waals surface area contributed by atoms with Crippen LogP contribution in [-0.4, -0.2) is 37.8 Å². The number of anilines is 1. The number of carbonyl (C=O) groups excluding carboxylic acids is 2. The number of thiocarbonyl (C=S) groups is 1. The number of nitrogens with zero attached hydrogens (tertiary/aromatic N) is 3. The molecule has 6 nitrogen and oxygen atoms in total. The van der Waals surface area contributed by atoms with E-state index in [2.05, 4.69) is 15.5 Å². The first kappa shape index (κ1) is 18.7. The van der Waals surface area contributed by atoms with Crippen LogP contribution < -0.4 is 5.32 Å². The number of aryl methyl sites for hydroxylation is 1. The number of thioether (sulfide) groups is 1. The van der Waals surface area contributed by atoms with Crippen LogP contribution >= 0.6 is 35.3 Å². The fourth-order valence-electron chi connectivity index (χ4n) is 2.32. The molecule has 1 aliphatic heterocycles. The predicted molar refractivity (Wildman–Crippen MR) is 109 cm³/mol. The van der Waals surface area contributed by atoms with Gasteiger partial charge in [-0.1, -0.05) is 65.6 Å². The molecule has 9 heteroatoms. The lowest BCUT2D eigenvalue weighted by Gasteiger charge is -2.13. The van der Waals surface area contributed by atoms with E-state index in [1.807, 2.05) is 43.3 Å². The third-order valence-corrected chi connectivity index (χ3v) is 5.66. The van der Waals surface area contributed by atoms with Crippen LogP contribution in [0.5, 0.6) is 0 Å². The maximum atomic E-state index is 12.5. The number of carbonyl (C=O) groups is 2. The molecule has 1 aromatic carbocycles. The molecule has 134 valence electrons. The molecule has 0 unspecified atom stereocenters. The first-order valence-corrected chi connectivity index (χ1v) is 9.97. The fraction of sp³-hybridized carbons (Fsp3) is 0.235. The molecule has 0 spiro atoms. The summed E-state index contributed by atoms with van der Waals surface area (Å²) >= 11 is 7.93. The Bertz CT molecular complexity index is 864. The van der Waals surface area contributed by atoms with Gasteiger partial charge in [-0.2, -0.15) is 0 Å². The first-order valence-electron chi connectivity index (χ1n) is 7.93. The number of hydrogen-bond acceptors (Lipinski definition) is 7. The number of nitrogens with one attached hydrogen (secondary N) is 1. The number of hydrogen-bond donors (Lipinski definition) is 1. The van der Waals surface area contributed by atoms with Gasteiger partial charge in [0.25, 0.3) is 5.91 Å². The third-order valence-electron chi connectivity index (χ3n) is 3.53. The summed E-state index contributed by atoms with van der Waals surface area (Å²) in [6.45, 7) is 2.24. The molecule has 2 amide bonds. The van der Waals surface area contributed by atoms with E-state index in [1.165, 1.54) is 23.1 Å². The quantitative estimate of drug-likeness (QED) is 0.587. The Labute approximate surface area is 164 Å². The standard InChI is InChI=1S/C17H16N4O2S3/c1-11-19-20-16(25-11)18-14(22)8-5-9-21-15(23)13(26-17(21)24)10-12-6-3-2-4-7-12/h2-4,6-7,10H,5,8-9H2,1H3,(H,18,20,22). The molecular weight excluding hydrogens is 388 g/mol. The van der Waals surface area contributed by atoms with E-state index in [9.17, 15) is 9.59 Å². The van der Waals surface area contributed by atoms with Gasteiger partial charge in [-0.3, -0.25) is 14.5 Å². The average molecular weight is 405 g/mol. The number of aromatic nitrogens is 2. The number of rotatable bonds is 6. The first-order chi connectivity index (χ1) is 12.5. The molecule has 3 rings (SSSR count). The zero-order valence-electron chi connectivity index (χ0n) is 14.0. The average Bonchev–Trinajstić information content (AvgIpc) is 3.13. The highest BCUT2D eigenvalue weighted by atomic mass is 32.2. The zero-order valence-corrected chi connectivity index (χ0v) is 16.4. The highest BCUT2D eigenvalue weighted by Gasteiger charge is 2.31. The second-order valence-corrected chi connectivity index (χ2v) is 8.38. The van der Waals surface area contributed by atoms with E-state index in [-0.39, 0.29) is 18.2 Å². The lowest BCUT2D eigenvalue weighted by Crippen LogP contribution is -2.29. The maximum Gasteiger partial charge on any atom is 0.266 e. The Balaban J connectivity index is 1.52. The van der Waals surface area contributed by atoms with Crippen molar-refractivity contribution in [3.8, 4) is 0 Å². The van der Waals surface area contributed by atoms with Crippen molar-refractivity contribution in [1.82, 2.24) is 15.1 Å². The molecule has 1 fully saturated rings. The lowest BCUT2D eigenvalue weighted by atomic mass is 10.2. The van der Waals surface area contributed by atoms with Gasteiger partial charge in [0.05, 0.1) is 4.91 Å². The largest absolute Gasteiger partial charge is 0.301 e. The van der Waals surface area contributed by atoms with Crippen LogP contribution in [-0.2, 0) is 9.59 Å². The Morgan fingerprint density at radius 1 is 1.31 bits per heavy atom. The minimum atomic E-state index is -0.147. The highest BCUT2D eigenvalue weighted by Crippen LogP contribution is 2.32. The second-order valence-electron chi connectivity index (χ2n) is 5.52. The normalized spacial score (nSPS) is 15.7. The van der Waals surface area contributed by atoms with Crippen LogP contribution in [0.4, 0.5) is 5.13 Å². The molecule has 0 radical (unpaired) electrons. The Morgan fingerprint density at radius 3 is 2.77 bits per heavy atom. The molecular formula is C17H16N4O2S3. The Morgan fingerprint density at radius 2 is 2.08 bits per heavy atom. The summed E-state index contributed by atoms with van der Waals surface area (Å²) in [5.74, 6) is -0.254. The second kappa shape index (κ2) is 8.52. The van der Waals surface area contributed by atoms with E-state index >= 15 is 0 Å². The van der Waals surface area contributed by atoms with Gasteiger partial charge in [-0.25, -0.2) is 0 Å². The van der Waals surface area contributed by atoms with Crippen molar-refractivity contribution in [2.45, 2.75) is 19.8 Å². The lowest BCUT2D eigenvalue weighted by molar-refractivity contribution is -0.122. The molecule has 1 N–H and O–H groups in total. The molecule has 26 heavy (non-hydrogen) atoms. The molecule has 1 saturated heterocycles. The summed E-state index contributed by atoms with van der Waals surface area (Å²) in [6.07, 6.45) is 2.64. The summed E-state index contributed by atoms with van der Waals surface area (Å²) in [5, 5.41) is 11.7. The minimum absolute atomic E-state index is 0.107. The van der Waals surface area contributed by atoms with Gasteiger partial charge >= 0.3 is 0 Å². The van der Waals surface area contributed by atoms with Crippen molar-refractivity contribution in [2.75, 3.05) is 11.9 Å². The maximum absolute atomic E-state index is 12.5. The van der Waals surface area contributed by atoms with Crippen LogP contribution in [0, 0.1) is 6.92 Å². The third kappa shape index (κ3) is 4.75. The van der Waals surface area contributed by atoms with Crippen molar-refractivity contribution >= 4 is 62.7 Å². The van der Waals surface area contributed by atoms with Crippen LogP contribution in [0.3, 0.4) is 0 Å². The van der Waals surface area contributed by atoms with E-state index in [0.29, 0.717) is 27.3 Å². The smallest absolute Gasteiger partial charge is 0.266 e. The summed E-state index contributed by atoms with van der Waals surface area (Å²) in [5.41, 5.74) is 0.958. The molecule has 1 aromatic heterocycles. The number of benzene rings is 1. The highest BCUT2D eigenvalue weighted by molar-refractivity contribution is 8.26. The molecule has 2 heterocycles. The SMILES string of the molecule is Cc1nnc(NC(=O)CCCN2C(=O)C(=Cc3ccccc3)SC2=S)s1. The van der Waals surface area contributed by atoms with Gasteiger partial charge < -0.3 is 5.32 Å². The molecule has 1 aliphatic rings. The summed E-state index contributed by atoms with van der Waals surface area (Å²) in [4.78, 5) is 26.6. The van der Waals surface area contributed by atoms with E-state index in [1.54, 1.807) is 4.90 Å². The summed E-state index contributed by atoms with van der Waals surface area (Å²) in [6, 6.07) is 9.64. The molecule has 0 aliphatic carbocycles. The van der Waals surface area contributed by atoms with Crippen molar-refractivity contribution < 1.29 is 9.59 Å². The Kier molecular flexibility index (Phi) is 6.12. The van der Waals surface area contributed by atoms with Crippen molar-refractivity contribution in [3.05, 3.63) is 45.8 Å². The van der Waals surface area contributed by atoms with Crippen LogP contribution in [0.15, 0.2) is 35.2 Å². The van der Waals surface area contributed by atoms with Crippen LogP contribution in [0.2, 0.25) is 0 Å². The summed E-state index contributed by atoms with van der Waals surface area (Å²) < 4.78 is 0.525. The zero-order chi connectivity index (χ0) is 18.5. The van der Waals surface area contributed by atoms with Gasteiger partial charge in [0.2, 0.25) is 11.0 Å². The number of amides is 2. The van der Waals surface area contributed by atoms with E-state index < -0.39 is 0 Å². The minimum Gasteiger partial charge on any atom is -0.301 e. The van der Waals surface area contributed by atoms with Crippen LogP contribution in [0.25, 0.3) is 6.08 Å². The predicted octanol–water partition coefficient (Wildman–Crippen LogP) is 3.47. The molecule has 0 saturated carbocycles. The summed E-state index contributed by atoms with van der Waals surface area (Å²) in [7, 11) is 0. The monoisotopic (exact) mass is 404 g/mol. The fourth-order valence-corrected chi connectivity index (χ4v) is 4.24. The van der Waals surface area contributed by atoms with E-state index in [0.717, 1.165) is 10.6 Å². The van der Waals surface area contributed by atoms with Gasteiger partial charge in [0.15, 0.2) is 0 Å². The van der Waals surface area contributed by atoms with E-state index in [4.69, 9.17) is 12.2 Å². The molecule has 0 atom stereocenters.